The summed E-state index contributed by atoms with van der Waals surface area (Å²) >= 11 is 0. The quantitative estimate of drug-likeness (QED) is 0.766. The van der Waals surface area contributed by atoms with Crippen LogP contribution in [0.5, 0.6) is 0 Å². The standard InChI is InChI=1S/C16H21NO.C3H8/c1-11-7-8-13-15(9-11)17-14(10-16(13)18)12-5-3-2-4-6-12;1-3-2/h3,5-9,13-18H,2,4,10H2,1H3;3H2,1-2H3. The number of nitrogens with one attached hydrogen (secondary N) is 1. The molecule has 21 heavy (non-hydrogen) atoms. The van der Waals surface area contributed by atoms with Crippen molar-refractivity contribution in [1.82, 2.24) is 5.32 Å². The van der Waals surface area contributed by atoms with E-state index in [1.165, 1.54) is 17.6 Å². The number of hydrogen-bond acceptors (Lipinski definition) is 2. The van der Waals surface area contributed by atoms with E-state index in [4.69, 9.17) is 0 Å². The Morgan fingerprint density at radius 3 is 2.67 bits per heavy atom. The van der Waals surface area contributed by atoms with Crippen LogP contribution in [0.1, 0.15) is 46.5 Å². The molecule has 1 fully saturated rings. The maximum Gasteiger partial charge on any atom is 0.0639 e. The first-order chi connectivity index (χ1) is 10.2. The van der Waals surface area contributed by atoms with Gasteiger partial charge in [-0.2, -0.15) is 0 Å². The summed E-state index contributed by atoms with van der Waals surface area (Å²) < 4.78 is 0. The Balaban J connectivity index is 0.000000497. The minimum absolute atomic E-state index is 0.234. The van der Waals surface area contributed by atoms with Gasteiger partial charge >= 0.3 is 0 Å². The molecule has 1 aliphatic heterocycles. The number of fused-ring (bicyclic) bond motifs is 1. The van der Waals surface area contributed by atoms with Gasteiger partial charge in [-0.1, -0.05) is 62.3 Å². The highest BCUT2D eigenvalue weighted by Gasteiger charge is 2.35. The second-order valence-corrected chi connectivity index (χ2v) is 6.29. The summed E-state index contributed by atoms with van der Waals surface area (Å²) in [5, 5.41) is 14.0. The predicted octanol–water partition coefficient (Wildman–Crippen LogP) is 3.90. The van der Waals surface area contributed by atoms with E-state index in [9.17, 15) is 5.11 Å². The van der Waals surface area contributed by atoms with Crippen molar-refractivity contribution in [2.75, 3.05) is 0 Å². The van der Waals surface area contributed by atoms with Gasteiger partial charge in [0.1, 0.15) is 0 Å². The molecule has 0 spiro atoms. The third-order valence-corrected chi connectivity index (χ3v) is 4.18. The highest BCUT2D eigenvalue weighted by molar-refractivity contribution is 5.33. The van der Waals surface area contributed by atoms with Crippen LogP contribution in [0.25, 0.3) is 0 Å². The van der Waals surface area contributed by atoms with Crippen molar-refractivity contribution in [3.8, 4) is 0 Å². The van der Waals surface area contributed by atoms with Crippen molar-refractivity contribution in [1.29, 1.82) is 0 Å². The molecule has 1 heterocycles. The molecule has 2 nitrogen and oxygen atoms in total. The number of aliphatic hydroxyl groups is 1. The lowest BCUT2D eigenvalue weighted by Crippen LogP contribution is -2.53. The van der Waals surface area contributed by atoms with Gasteiger partial charge < -0.3 is 10.4 Å². The summed E-state index contributed by atoms with van der Waals surface area (Å²) in [6.07, 6.45) is 17.4. The molecule has 0 saturated carbocycles. The fraction of sp³-hybridized carbons (Fsp3) is 0.579. The van der Waals surface area contributed by atoms with Crippen LogP contribution in [-0.2, 0) is 0 Å². The zero-order chi connectivity index (χ0) is 15.2. The molecule has 3 aliphatic rings. The van der Waals surface area contributed by atoms with Crippen molar-refractivity contribution in [2.24, 2.45) is 5.92 Å². The van der Waals surface area contributed by atoms with Gasteiger partial charge in [0, 0.05) is 18.0 Å². The van der Waals surface area contributed by atoms with Crippen molar-refractivity contribution in [3.63, 3.8) is 0 Å². The van der Waals surface area contributed by atoms with Crippen LogP contribution >= 0.6 is 0 Å². The normalized spacial score (nSPS) is 34.3. The molecule has 1 saturated heterocycles. The van der Waals surface area contributed by atoms with Crippen molar-refractivity contribution < 1.29 is 5.11 Å². The summed E-state index contributed by atoms with van der Waals surface area (Å²) in [4.78, 5) is 0. The fourth-order valence-electron chi connectivity index (χ4n) is 3.18. The number of rotatable bonds is 1. The highest BCUT2D eigenvalue weighted by Crippen LogP contribution is 2.30. The first-order valence-electron chi connectivity index (χ1n) is 8.33. The van der Waals surface area contributed by atoms with Crippen LogP contribution in [0.3, 0.4) is 0 Å². The molecule has 4 unspecified atom stereocenters. The number of aliphatic hydroxyl groups excluding tert-OH is 1. The first-order valence-corrected chi connectivity index (χ1v) is 8.33. The van der Waals surface area contributed by atoms with E-state index in [-0.39, 0.29) is 18.1 Å². The van der Waals surface area contributed by atoms with Gasteiger partial charge in [-0.3, -0.25) is 0 Å². The SMILES string of the molecule is CC1=CC2NC(C3=CCCC=C3)CC(O)C2C=C1.CCC. The molecule has 3 rings (SSSR count). The lowest BCUT2D eigenvalue weighted by atomic mass is 9.79. The number of allylic oxidation sites excluding steroid dienone is 4. The number of hydrogen-bond donors (Lipinski definition) is 2. The predicted molar refractivity (Wildman–Crippen MR) is 90.1 cm³/mol. The average Bonchev–Trinajstić information content (AvgIpc) is 2.48. The van der Waals surface area contributed by atoms with E-state index in [1.807, 2.05) is 0 Å². The highest BCUT2D eigenvalue weighted by atomic mass is 16.3. The Hall–Kier alpha value is -1.12. The smallest absolute Gasteiger partial charge is 0.0639 e. The van der Waals surface area contributed by atoms with Crippen LogP contribution in [-0.4, -0.2) is 23.3 Å². The van der Waals surface area contributed by atoms with Gasteiger partial charge in [-0.05, 0) is 31.8 Å². The van der Waals surface area contributed by atoms with E-state index in [1.54, 1.807) is 0 Å². The number of piperidine rings is 1. The van der Waals surface area contributed by atoms with Crippen molar-refractivity contribution in [2.45, 2.75) is 64.6 Å². The van der Waals surface area contributed by atoms with Gasteiger partial charge in [-0.15, -0.1) is 0 Å². The van der Waals surface area contributed by atoms with E-state index in [0.29, 0.717) is 6.04 Å². The Labute approximate surface area is 129 Å². The van der Waals surface area contributed by atoms with E-state index in [2.05, 4.69) is 62.5 Å². The Morgan fingerprint density at radius 2 is 2.00 bits per heavy atom. The third kappa shape index (κ3) is 4.18. The maximum atomic E-state index is 10.3. The van der Waals surface area contributed by atoms with Crippen LogP contribution in [0, 0.1) is 5.92 Å². The van der Waals surface area contributed by atoms with Gasteiger partial charge in [-0.25, -0.2) is 0 Å². The molecule has 0 aromatic rings. The molecular formula is C19H29NO. The summed E-state index contributed by atoms with van der Waals surface area (Å²) in [6.45, 7) is 6.37. The van der Waals surface area contributed by atoms with E-state index < -0.39 is 0 Å². The van der Waals surface area contributed by atoms with Crippen molar-refractivity contribution >= 4 is 0 Å². The van der Waals surface area contributed by atoms with Crippen LogP contribution < -0.4 is 5.32 Å². The molecule has 2 N–H and O–H groups in total. The molecule has 0 amide bonds. The average molecular weight is 287 g/mol. The topological polar surface area (TPSA) is 32.3 Å². The van der Waals surface area contributed by atoms with Gasteiger partial charge in [0.05, 0.1) is 6.10 Å². The molecule has 0 bridgehead atoms. The molecule has 2 heteroatoms. The third-order valence-electron chi connectivity index (χ3n) is 4.18. The second-order valence-electron chi connectivity index (χ2n) is 6.29. The lowest BCUT2D eigenvalue weighted by molar-refractivity contribution is 0.0719. The van der Waals surface area contributed by atoms with Crippen LogP contribution in [0.4, 0.5) is 0 Å². The molecule has 116 valence electrons. The van der Waals surface area contributed by atoms with Gasteiger partial charge in [0.15, 0.2) is 0 Å². The summed E-state index contributed by atoms with van der Waals surface area (Å²) in [5.41, 5.74) is 2.63. The maximum absolute atomic E-state index is 10.3. The summed E-state index contributed by atoms with van der Waals surface area (Å²) in [5.74, 6) is 0.234. The Kier molecular flexibility index (Phi) is 6.01. The van der Waals surface area contributed by atoms with Crippen LogP contribution in [0.2, 0.25) is 0 Å². The second kappa shape index (κ2) is 7.77. The minimum Gasteiger partial charge on any atom is -0.392 e. The molecule has 0 aromatic heterocycles. The minimum atomic E-state index is -0.238. The zero-order valence-corrected chi connectivity index (χ0v) is 13.5. The Bertz CT molecular complexity index is 458. The van der Waals surface area contributed by atoms with Gasteiger partial charge in [0.2, 0.25) is 0 Å². The van der Waals surface area contributed by atoms with E-state index >= 15 is 0 Å². The molecule has 0 radical (unpaired) electrons. The largest absolute Gasteiger partial charge is 0.392 e. The summed E-state index contributed by atoms with van der Waals surface area (Å²) in [6, 6.07) is 0.577. The molecule has 2 aliphatic carbocycles. The zero-order valence-electron chi connectivity index (χ0n) is 13.5. The first kappa shape index (κ1) is 16.3. The fourth-order valence-corrected chi connectivity index (χ4v) is 3.18. The van der Waals surface area contributed by atoms with Crippen molar-refractivity contribution in [3.05, 3.63) is 47.6 Å². The Morgan fingerprint density at radius 1 is 1.24 bits per heavy atom. The van der Waals surface area contributed by atoms with Crippen LogP contribution in [0.15, 0.2) is 47.6 Å². The molecule has 4 atom stereocenters. The van der Waals surface area contributed by atoms with Gasteiger partial charge in [0.25, 0.3) is 0 Å². The monoisotopic (exact) mass is 287 g/mol. The molecular weight excluding hydrogens is 258 g/mol. The lowest BCUT2D eigenvalue weighted by Gasteiger charge is -2.40. The van der Waals surface area contributed by atoms with E-state index in [0.717, 1.165) is 19.3 Å². The molecule has 0 aromatic carbocycles. The summed E-state index contributed by atoms with van der Waals surface area (Å²) in [7, 11) is 0.